The Hall–Kier alpha value is -1.49. The van der Waals surface area contributed by atoms with Crippen LogP contribution in [0.1, 0.15) is 32.3 Å². The second kappa shape index (κ2) is 5.03. The van der Waals surface area contributed by atoms with Gasteiger partial charge in [0, 0.05) is 0 Å². The first-order chi connectivity index (χ1) is 7.40. The molecule has 0 aliphatic rings. The molecule has 0 aromatic carbocycles. The lowest BCUT2D eigenvalue weighted by Crippen LogP contribution is -2.32. The minimum Gasteiger partial charge on any atom is -0.463 e. The van der Waals surface area contributed by atoms with Crippen molar-refractivity contribution in [2.75, 3.05) is 0 Å². The predicted molar refractivity (Wildman–Crippen MR) is 59.7 cm³/mol. The van der Waals surface area contributed by atoms with Crippen LogP contribution in [-0.2, 0) is 17.8 Å². The van der Waals surface area contributed by atoms with Crippen molar-refractivity contribution in [3.05, 3.63) is 23.7 Å². The van der Waals surface area contributed by atoms with Gasteiger partial charge in [0.05, 0.1) is 13.1 Å². The van der Waals surface area contributed by atoms with Gasteiger partial charge < -0.3 is 20.2 Å². The number of amides is 1. The zero-order valence-corrected chi connectivity index (χ0v) is 9.87. The summed E-state index contributed by atoms with van der Waals surface area (Å²) < 4.78 is 10.4. The zero-order chi connectivity index (χ0) is 12.2. The van der Waals surface area contributed by atoms with Gasteiger partial charge in [0.25, 0.3) is 0 Å². The minimum absolute atomic E-state index is 0.301. The molecule has 5 heteroatoms. The standard InChI is InChI=1S/C11H18N2O3/c1-11(2,3)16-10(14)13-7-9-5-4-8(6-12)15-9/h4-5H,6-7,12H2,1-3H3,(H,13,14). The molecule has 0 spiro atoms. The van der Waals surface area contributed by atoms with E-state index >= 15 is 0 Å². The van der Waals surface area contributed by atoms with Crippen LogP contribution in [0.3, 0.4) is 0 Å². The number of hydrogen-bond acceptors (Lipinski definition) is 4. The van der Waals surface area contributed by atoms with Crippen molar-refractivity contribution in [3.63, 3.8) is 0 Å². The van der Waals surface area contributed by atoms with Crippen molar-refractivity contribution in [1.29, 1.82) is 0 Å². The van der Waals surface area contributed by atoms with Crippen LogP contribution in [0.5, 0.6) is 0 Å². The highest BCUT2D eigenvalue weighted by molar-refractivity contribution is 5.67. The van der Waals surface area contributed by atoms with Gasteiger partial charge >= 0.3 is 6.09 Å². The maximum Gasteiger partial charge on any atom is 0.408 e. The predicted octanol–water partition coefficient (Wildman–Crippen LogP) is 1.76. The summed E-state index contributed by atoms with van der Waals surface area (Å²) in [7, 11) is 0. The maximum absolute atomic E-state index is 11.3. The smallest absolute Gasteiger partial charge is 0.408 e. The normalized spacial score (nSPS) is 11.2. The van der Waals surface area contributed by atoms with E-state index in [9.17, 15) is 4.79 Å². The number of nitrogens with one attached hydrogen (secondary N) is 1. The fourth-order valence-corrected chi connectivity index (χ4v) is 1.10. The van der Waals surface area contributed by atoms with Crippen LogP contribution in [0.15, 0.2) is 16.5 Å². The Morgan fingerprint density at radius 3 is 2.56 bits per heavy atom. The van der Waals surface area contributed by atoms with Crippen LogP contribution in [0, 0.1) is 0 Å². The first kappa shape index (κ1) is 12.6. The molecule has 0 aliphatic carbocycles. The molecule has 0 atom stereocenters. The van der Waals surface area contributed by atoms with Crippen LogP contribution in [0.4, 0.5) is 4.79 Å². The Morgan fingerprint density at radius 2 is 2.06 bits per heavy atom. The quantitative estimate of drug-likeness (QED) is 0.823. The van der Waals surface area contributed by atoms with Crippen LogP contribution >= 0.6 is 0 Å². The van der Waals surface area contributed by atoms with Gasteiger partial charge in [0.1, 0.15) is 17.1 Å². The molecule has 0 saturated heterocycles. The molecule has 1 aromatic rings. The first-order valence-corrected chi connectivity index (χ1v) is 5.15. The molecule has 1 amide bonds. The molecule has 0 fully saturated rings. The van der Waals surface area contributed by atoms with Gasteiger partial charge in [-0.25, -0.2) is 4.79 Å². The van der Waals surface area contributed by atoms with E-state index in [2.05, 4.69) is 5.32 Å². The van der Waals surface area contributed by atoms with Gasteiger partial charge in [-0.2, -0.15) is 0 Å². The van der Waals surface area contributed by atoms with Gasteiger partial charge in [0.2, 0.25) is 0 Å². The fraction of sp³-hybridized carbons (Fsp3) is 0.545. The van der Waals surface area contributed by atoms with Gasteiger partial charge in [-0.3, -0.25) is 0 Å². The van der Waals surface area contributed by atoms with E-state index in [1.165, 1.54) is 0 Å². The van der Waals surface area contributed by atoms with E-state index in [4.69, 9.17) is 14.9 Å². The van der Waals surface area contributed by atoms with Gasteiger partial charge in [-0.05, 0) is 32.9 Å². The summed E-state index contributed by atoms with van der Waals surface area (Å²) in [5, 5.41) is 2.60. The summed E-state index contributed by atoms with van der Waals surface area (Å²) in [6.45, 7) is 6.09. The molecule has 90 valence electrons. The van der Waals surface area contributed by atoms with E-state index in [-0.39, 0.29) is 0 Å². The van der Waals surface area contributed by atoms with Gasteiger partial charge in [0.15, 0.2) is 0 Å². The molecule has 1 rings (SSSR count). The van der Waals surface area contributed by atoms with Crippen LogP contribution < -0.4 is 11.1 Å². The lowest BCUT2D eigenvalue weighted by molar-refractivity contribution is 0.0519. The fourth-order valence-electron chi connectivity index (χ4n) is 1.10. The summed E-state index contributed by atoms with van der Waals surface area (Å²) >= 11 is 0. The SMILES string of the molecule is CC(C)(C)OC(=O)NCc1ccc(CN)o1. The summed E-state index contributed by atoms with van der Waals surface area (Å²) in [5.41, 5.74) is 4.91. The largest absolute Gasteiger partial charge is 0.463 e. The lowest BCUT2D eigenvalue weighted by atomic mass is 10.2. The van der Waals surface area contributed by atoms with Crippen LogP contribution in [-0.4, -0.2) is 11.7 Å². The molecular weight excluding hydrogens is 208 g/mol. The first-order valence-electron chi connectivity index (χ1n) is 5.15. The number of carbonyl (C=O) groups excluding carboxylic acids is 1. The number of alkyl carbamates (subject to hydrolysis) is 1. The molecule has 0 bridgehead atoms. The second-order valence-electron chi connectivity index (χ2n) is 4.43. The van der Waals surface area contributed by atoms with E-state index < -0.39 is 11.7 Å². The molecule has 0 radical (unpaired) electrons. The summed E-state index contributed by atoms with van der Waals surface area (Å²) in [6.07, 6.45) is -0.460. The monoisotopic (exact) mass is 226 g/mol. The molecule has 0 unspecified atom stereocenters. The number of ether oxygens (including phenoxy) is 1. The summed E-state index contributed by atoms with van der Waals surface area (Å²) in [5.74, 6) is 1.35. The number of rotatable bonds is 3. The van der Waals surface area contributed by atoms with Crippen molar-refractivity contribution in [2.24, 2.45) is 5.73 Å². The van der Waals surface area contributed by atoms with E-state index in [0.29, 0.717) is 24.6 Å². The minimum atomic E-state index is -0.490. The second-order valence-corrected chi connectivity index (χ2v) is 4.43. The third-order valence-corrected chi connectivity index (χ3v) is 1.72. The molecular formula is C11H18N2O3. The van der Waals surface area contributed by atoms with Crippen LogP contribution in [0.2, 0.25) is 0 Å². The third kappa shape index (κ3) is 4.35. The van der Waals surface area contributed by atoms with Crippen molar-refractivity contribution in [3.8, 4) is 0 Å². The Kier molecular flexibility index (Phi) is 3.95. The molecule has 16 heavy (non-hydrogen) atoms. The average Bonchev–Trinajstić information content (AvgIpc) is 2.59. The topological polar surface area (TPSA) is 77.5 Å². The Labute approximate surface area is 94.9 Å². The van der Waals surface area contributed by atoms with Crippen LogP contribution in [0.25, 0.3) is 0 Å². The van der Waals surface area contributed by atoms with Gasteiger partial charge in [-0.1, -0.05) is 0 Å². The van der Waals surface area contributed by atoms with Crippen molar-refractivity contribution >= 4 is 6.09 Å². The zero-order valence-electron chi connectivity index (χ0n) is 9.87. The number of carbonyl (C=O) groups is 1. The van der Waals surface area contributed by atoms with E-state index in [1.807, 2.05) is 20.8 Å². The molecule has 0 aliphatic heterocycles. The molecule has 3 N–H and O–H groups in total. The summed E-state index contributed by atoms with van der Waals surface area (Å²) in [4.78, 5) is 11.3. The van der Waals surface area contributed by atoms with Crippen molar-refractivity contribution in [2.45, 2.75) is 39.5 Å². The highest BCUT2D eigenvalue weighted by Gasteiger charge is 2.15. The Balaban J connectivity index is 2.37. The Morgan fingerprint density at radius 1 is 1.44 bits per heavy atom. The number of furan rings is 1. The molecule has 1 aromatic heterocycles. The van der Waals surface area contributed by atoms with Crippen molar-refractivity contribution in [1.82, 2.24) is 5.32 Å². The number of nitrogens with two attached hydrogens (primary N) is 1. The number of hydrogen-bond donors (Lipinski definition) is 2. The molecule has 1 heterocycles. The van der Waals surface area contributed by atoms with Gasteiger partial charge in [-0.15, -0.1) is 0 Å². The molecule has 5 nitrogen and oxygen atoms in total. The highest BCUT2D eigenvalue weighted by atomic mass is 16.6. The maximum atomic E-state index is 11.3. The highest BCUT2D eigenvalue weighted by Crippen LogP contribution is 2.08. The summed E-state index contributed by atoms with van der Waals surface area (Å²) in [6, 6.07) is 3.56. The Bertz CT molecular complexity index is 352. The van der Waals surface area contributed by atoms with E-state index in [0.717, 1.165) is 0 Å². The molecule has 0 saturated carbocycles. The lowest BCUT2D eigenvalue weighted by Gasteiger charge is -2.19. The third-order valence-electron chi connectivity index (χ3n) is 1.72. The van der Waals surface area contributed by atoms with Crippen molar-refractivity contribution < 1.29 is 13.9 Å². The van der Waals surface area contributed by atoms with E-state index in [1.54, 1.807) is 12.1 Å². The average molecular weight is 226 g/mol.